The second kappa shape index (κ2) is 7.62. The van der Waals surface area contributed by atoms with E-state index in [9.17, 15) is 0 Å². The molecule has 140 valence electrons. The quantitative estimate of drug-likeness (QED) is 0.609. The Morgan fingerprint density at radius 2 is 2.04 bits per heavy atom. The van der Waals surface area contributed by atoms with Crippen LogP contribution in [0.5, 0.6) is 11.5 Å². The molecule has 27 heavy (non-hydrogen) atoms. The van der Waals surface area contributed by atoms with Crippen molar-refractivity contribution in [1.29, 1.82) is 0 Å². The third kappa shape index (κ3) is 3.79. The number of nitrogens with one attached hydrogen (secondary N) is 2. The first kappa shape index (κ1) is 17.9. The summed E-state index contributed by atoms with van der Waals surface area (Å²) in [5.41, 5.74) is 2.84. The molecule has 1 aromatic heterocycles. The van der Waals surface area contributed by atoms with Crippen LogP contribution in [0.1, 0.15) is 6.92 Å². The Labute approximate surface area is 166 Å². The fourth-order valence-electron chi connectivity index (χ4n) is 2.80. The van der Waals surface area contributed by atoms with Crippen molar-refractivity contribution in [3.8, 4) is 22.8 Å². The summed E-state index contributed by atoms with van der Waals surface area (Å²) in [6.45, 7) is 2.63. The van der Waals surface area contributed by atoms with Crippen molar-refractivity contribution in [2.24, 2.45) is 0 Å². The van der Waals surface area contributed by atoms with Crippen molar-refractivity contribution in [2.75, 3.05) is 24.4 Å². The molecule has 0 bridgehead atoms. The van der Waals surface area contributed by atoms with Gasteiger partial charge in [-0.3, -0.25) is 0 Å². The Bertz CT molecular complexity index is 922. The molecule has 2 N–H and O–H groups in total. The lowest BCUT2D eigenvalue weighted by atomic mass is 10.1. The van der Waals surface area contributed by atoms with Gasteiger partial charge in [-0.2, -0.15) is 9.19 Å². The van der Waals surface area contributed by atoms with Gasteiger partial charge in [0.15, 0.2) is 5.50 Å². The number of halogens is 1. The maximum absolute atomic E-state index is 6.18. The van der Waals surface area contributed by atoms with E-state index in [4.69, 9.17) is 21.1 Å². The van der Waals surface area contributed by atoms with Gasteiger partial charge in [-0.25, -0.2) is 0 Å². The Hall–Kier alpha value is -2.51. The number of nitrogens with zero attached hydrogens (tertiary/aromatic N) is 2. The lowest BCUT2D eigenvalue weighted by Crippen LogP contribution is -2.21. The summed E-state index contributed by atoms with van der Waals surface area (Å²) in [6.07, 6.45) is 0. The number of rotatable bonds is 6. The predicted molar refractivity (Wildman–Crippen MR) is 111 cm³/mol. The fourth-order valence-corrected chi connectivity index (χ4v) is 3.98. The molecular formula is C19H19ClN4O2S. The number of fused-ring (bicyclic) bond motifs is 1. The van der Waals surface area contributed by atoms with Crippen molar-refractivity contribution < 1.29 is 9.47 Å². The molecule has 1 atom stereocenters. The molecule has 0 unspecified atom stereocenters. The molecule has 0 saturated carbocycles. The molecule has 3 aromatic rings. The van der Waals surface area contributed by atoms with Crippen LogP contribution in [-0.2, 0) is 0 Å². The maximum Gasteiger partial charge on any atom is 0.168 e. The smallest absolute Gasteiger partial charge is 0.168 e. The highest BCUT2D eigenvalue weighted by atomic mass is 35.5. The van der Waals surface area contributed by atoms with Crippen LogP contribution in [0.4, 0.5) is 11.5 Å². The van der Waals surface area contributed by atoms with Crippen LogP contribution in [0.25, 0.3) is 11.3 Å². The topological polar surface area (TPSA) is 60.3 Å². The van der Waals surface area contributed by atoms with Gasteiger partial charge in [-0.05, 0) is 49.4 Å². The number of aromatic nitrogens is 2. The highest BCUT2D eigenvalue weighted by Crippen LogP contribution is 2.35. The minimum Gasteiger partial charge on any atom is -0.495 e. The minimum absolute atomic E-state index is 0.0358. The molecule has 4 rings (SSSR count). The minimum atomic E-state index is -0.0358. The van der Waals surface area contributed by atoms with Gasteiger partial charge in [-0.15, -0.1) is 0 Å². The van der Waals surface area contributed by atoms with Crippen molar-refractivity contribution in [3.05, 3.63) is 53.6 Å². The van der Waals surface area contributed by atoms with E-state index in [1.807, 2.05) is 59.5 Å². The standard InChI is InChI=1S/C19H19ClN4O2S/c1-3-26-14-7-4-12(5-8-14)16-11-18-22-19(27-24(18)23-16)21-13-6-9-17(25-2)15(20)10-13/h4-11,19,21-22H,3H2,1-2H3/t19-/m0/s1. The molecule has 0 spiro atoms. The predicted octanol–water partition coefficient (Wildman–Crippen LogP) is 4.93. The summed E-state index contributed by atoms with van der Waals surface area (Å²) in [7, 11) is 1.60. The summed E-state index contributed by atoms with van der Waals surface area (Å²) in [5.74, 6) is 2.46. The van der Waals surface area contributed by atoms with Crippen LogP contribution in [0.3, 0.4) is 0 Å². The van der Waals surface area contributed by atoms with E-state index in [1.165, 1.54) is 0 Å². The zero-order chi connectivity index (χ0) is 18.8. The molecule has 2 heterocycles. The van der Waals surface area contributed by atoms with E-state index in [0.717, 1.165) is 28.5 Å². The van der Waals surface area contributed by atoms with Gasteiger partial charge in [0.25, 0.3) is 0 Å². The van der Waals surface area contributed by atoms with E-state index in [1.54, 1.807) is 19.1 Å². The number of ether oxygens (including phenoxy) is 2. The lowest BCUT2D eigenvalue weighted by molar-refractivity contribution is 0.340. The zero-order valence-corrected chi connectivity index (χ0v) is 16.5. The van der Waals surface area contributed by atoms with Crippen LogP contribution >= 0.6 is 23.5 Å². The fraction of sp³-hybridized carbons (Fsp3) is 0.211. The molecule has 0 radical (unpaired) electrons. The monoisotopic (exact) mass is 402 g/mol. The first-order valence-electron chi connectivity index (χ1n) is 8.53. The highest BCUT2D eigenvalue weighted by molar-refractivity contribution is 7.98. The van der Waals surface area contributed by atoms with Crippen LogP contribution in [0, 0.1) is 0 Å². The summed E-state index contributed by atoms with van der Waals surface area (Å²) < 4.78 is 12.5. The molecule has 0 amide bonds. The first-order valence-corrected chi connectivity index (χ1v) is 9.75. The van der Waals surface area contributed by atoms with Gasteiger partial charge in [0, 0.05) is 29.3 Å². The third-order valence-corrected chi connectivity index (χ3v) is 5.29. The van der Waals surface area contributed by atoms with E-state index in [0.29, 0.717) is 17.4 Å². The molecule has 1 aliphatic heterocycles. The second-order valence-electron chi connectivity index (χ2n) is 5.87. The number of hydrogen-bond donors (Lipinski definition) is 2. The van der Waals surface area contributed by atoms with Gasteiger partial charge >= 0.3 is 0 Å². The molecule has 0 saturated heterocycles. The molecule has 0 fully saturated rings. The van der Waals surface area contributed by atoms with Gasteiger partial charge < -0.3 is 20.1 Å². The van der Waals surface area contributed by atoms with E-state index in [2.05, 4.69) is 15.7 Å². The van der Waals surface area contributed by atoms with Crippen LogP contribution in [-0.4, -0.2) is 28.4 Å². The average molecular weight is 403 g/mol. The molecular weight excluding hydrogens is 384 g/mol. The molecule has 0 aliphatic carbocycles. The van der Waals surface area contributed by atoms with Crippen molar-refractivity contribution in [2.45, 2.75) is 12.4 Å². The molecule has 6 nitrogen and oxygen atoms in total. The zero-order valence-electron chi connectivity index (χ0n) is 14.9. The van der Waals surface area contributed by atoms with Gasteiger partial charge in [-0.1, -0.05) is 11.6 Å². The van der Waals surface area contributed by atoms with Crippen LogP contribution in [0.15, 0.2) is 48.5 Å². The van der Waals surface area contributed by atoms with Gasteiger partial charge in [0.2, 0.25) is 0 Å². The Kier molecular flexibility index (Phi) is 5.05. The number of methoxy groups -OCH3 is 1. The summed E-state index contributed by atoms with van der Waals surface area (Å²) in [5, 5.41) is 12.0. The normalized spacial score (nSPS) is 15.1. The largest absolute Gasteiger partial charge is 0.495 e. The lowest BCUT2D eigenvalue weighted by Gasteiger charge is -2.14. The van der Waals surface area contributed by atoms with Gasteiger partial charge in [0.1, 0.15) is 17.3 Å². The van der Waals surface area contributed by atoms with Crippen molar-refractivity contribution in [3.63, 3.8) is 0 Å². The van der Waals surface area contributed by atoms with E-state index < -0.39 is 0 Å². The average Bonchev–Trinajstić information content (AvgIpc) is 3.21. The number of hydrogen-bond acceptors (Lipinski definition) is 6. The maximum atomic E-state index is 6.18. The van der Waals surface area contributed by atoms with E-state index >= 15 is 0 Å². The first-order chi connectivity index (χ1) is 13.2. The molecule has 2 aromatic carbocycles. The number of benzene rings is 2. The summed E-state index contributed by atoms with van der Waals surface area (Å²) in [6, 6.07) is 15.6. The Morgan fingerprint density at radius 3 is 2.70 bits per heavy atom. The van der Waals surface area contributed by atoms with Crippen LogP contribution in [0.2, 0.25) is 5.02 Å². The van der Waals surface area contributed by atoms with E-state index in [-0.39, 0.29) is 5.50 Å². The van der Waals surface area contributed by atoms with Crippen molar-refractivity contribution >= 4 is 35.1 Å². The highest BCUT2D eigenvalue weighted by Gasteiger charge is 2.24. The Balaban J connectivity index is 1.43. The van der Waals surface area contributed by atoms with Crippen molar-refractivity contribution in [1.82, 2.24) is 9.19 Å². The second-order valence-corrected chi connectivity index (χ2v) is 7.30. The molecule has 8 heteroatoms. The SMILES string of the molecule is CCOc1ccc(-c2cc3n(n2)S[C@@H](Nc2ccc(OC)c(Cl)c2)N3)cc1. The summed E-state index contributed by atoms with van der Waals surface area (Å²) >= 11 is 7.74. The van der Waals surface area contributed by atoms with Crippen LogP contribution < -0.4 is 20.1 Å². The summed E-state index contributed by atoms with van der Waals surface area (Å²) in [4.78, 5) is 0. The Morgan fingerprint density at radius 1 is 1.22 bits per heavy atom. The molecule has 1 aliphatic rings. The number of anilines is 2. The van der Waals surface area contributed by atoms with Gasteiger partial charge in [0.05, 0.1) is 24.4 Å². The third-order valence-electron chi connectivity index (χ3n) is 4.07.